The zero-order valence-corrected chi connectivity index (χ0v) is 30.6. The molecule has 14 heteroatoms. The highest BCUT2D eigenvalue weighted by Crippen LogP contribution is 2.45. The second-order valence-corrected chi connectivity index (χ2v) is 15.4. The zero-order chi connectivity index (χ0) is 37.9. The summed E-state index contributed by atoms with van der Waals surface area (Å²) in [7, 11) is 0. The number of benzene rings is 2. The van der Waals surface area contributed by atoms with Gasteiger partial charge in [0.05, 0.1) is 13.1 Å². The van der Waals surface area contributed by atoms with Crippen LogP contribution in [0.15, 0.2) is 54.6 Å². The molecule has 1 saturated heterocycles. The van der Waals surface area contributed by atoms with Gasteiger partial charge in [0.1, 0.15) is 35.1 Å². The van der Waals surface area contributed by atoms with Gasteiger partial charge in [-0.25, -0.2) is 14.0 Å². The monoisotopic (exact) mass is 733 g/mol. The maximum Gasteiger partial charge on any atom is 0.410 e. The summed E-state index contributed by atoms with van der Waals surface area (Å²) in [5.41, 5.74) is 2.45. The Hall–Kier alpha value is -5.14. The molecule has 284 valence electrons. The minimum absolute atomic E-state index is 0.0270. The molecule has 3 aliphatic heterocycles. The lowest BCUT2D eigenvalue weighted by atomic mass is 10.0. The molecule has 3 N–H and O–H groups in total. The summed E-state index contributed by atoms with van der Waals surface area (Å²) in [6.07, 6.45) is 5.01. The van der Waals surface area contributed by atoms with Crippen LogP contribution in [0.4, 0.5) is 14.0 Å². The van der Waals surface area contributed by atoms with Crippen molar-refractivity contribution in [2.75, 3.05) is 6.54 Å². The number of hydrogen-bond donors (Lipinski definition) is 3. The van der Waals surface area contributed by atoms with Crippen LogP contribution in [0.2, 0.25) is 0 Å². The minimum Gasteiger partial charge on any atom is -0.444 e. The van der Waals surface area contributed by atoms with Gasteiger partial charge in [-0.3, -0.25) is 19.3 Å². The van der Waals surface area contributed by atoms with Gasteiger partial charge >= 0.3 is 12.2 Å². The average Bonchev–Trinajstić information content (AvgIpc) is 3.39. The van der Waals surface area contributed by atoms with E-state index in [0.29, 0.717) is 36.1 Å². The van der Waals surface area contributed by atoms with E-state index in [1.165, 1.54) is 15.9 Å². The second kappa shape index (κ2) is 15.5. The number of alkyl carbamates (subject to hydrolysis) is 1. The molecule has 2 aromatic carbocycles. The number of amides is 5. The van der Waals surface area contributed by atoms with Crippen LogP contribution in [0.3, 0.4) is 0 Å². The first-order valence-corrected chi connectivity index (χ1v) is 18.3. The van der Waals surface area contributed by atoms with Crippen LogP contribution in [-0.2, 0) is 36.9 Å². The SMILES string of the molecule is Cc1ccc(ONC(=O)[C@@]23C[C@H]2C=CCCCCC[C@H](NC(=O)OC(C)(C)C)C(=O)N2C[C@H](OC(=O)N4Cc5cccc(F)c5C4)C[C@H]2C(=O)N3)cc1. The molecule has 3 heterocycles. The van der Waals surface area contributed by atoms with Gasteiger partial charge < -0.3 is 29.8 Å². The number of rotatable bonds is 5. The van der Waals surface area contributed by atoms with E-state index in [0.717, 1.165) is 24.8 Å². The molecule has 0 unspecified atom stereocenters. The maximum atomic E-state index is 14.4. The number of ether oxygens (including phenoxy) is 2. The van der Waals surface area contributed by atoms with Crippen molar-refractivity contribution in [2.45, 2.75) is 115 Å². The third-order valence-corrected chi connectivity index (χ3v) is 10.1. The molecule has 0 bridgehead atoms. The van der Waals surface area contributed by atoms with Gasteiger partial charge in [0.25, 0.3) is 5.91 Å². The van der Waals surface area contributed by atoms with Crippen molar-refractivity contribution in [3.63, 3.8) is 0 Å². The summed E-state index contributed by atoms with van der Waals surface area (Å²) >= 11 is 0. The molecule has 53 heavy (non-hydrogen) atoms. The zero-order valence-electron chi connectivity index (χ0n) is 30.6. The van der Waals surface area contributed by atoms with Crippen LogP contribution < -0.4 is 21.0 Å². The molecule has 5 atom stereocenters. The molecule has 1 aliphatic carbocycles. The molecular weight excluding hydrogens is 685 g/mol. The third-order valence-electron chi connectivity index (χ3n) is 10.1. The smallest absolute Gasteiger partial charge is 0.410 e. The van der Waals surface area contributed by atoms with Gasteiger partial charge in [0.15, 0.2) is 5.75 Å². The van der Waals surface area contributed by atoms with Crippen molar-refractivity contribution in [3.05, 3.63) is 77.1 Å². The minimum atomic E-state index is -1.35. The Bertz CT molecular complexity index is 1760. The standard InChI is InChI=1S/C39H48FN5O8/c1-24-15-17-27(18-16-24)53-43-35(48)39-20-26(39)12-8-6-5-7-9-14-31(41-36(49)52-38(2,3)4)34(47)45-22-28(19-32(45)33(46)42-39)51-37(50)44-21-25-11-10-13-30(40)29(25)23-44/h8,10-13,15-18,26,28,31-32H,5-7,9,14,19-23H2,1-4H3,(H,41,49)(H,42,46)(H,43,48)/t26-,28-,31+,32+,39-/m1/s1. The van der Waals surface area contributed by atoms with E-state index in [1.807, 2.05) is 31.2 Å². The third kappa shape index (κ3) is 8.91. The van der Waals surface area contributed by atoms with Crippen molar-refractivity contribution in [3.8, 4) is 5.75 Å². The first-order chi connectivity index (χ1) is 25.2. The Kier molecular flexibility index (Phi) is 11.0. The Morgan fingerprint density at radius 3 is 2.53 bits per heavy atom. The highest BCUT2D eigenvalue weighted by Gasteiger charge is 2.61. The van der Waals surface area contributed by atoms with E-state index in [1.54, 1.807) is 45.0 Å². The highest BCUT2D eigenvalue weighted by molar-refractivity contribution is 5.98. The maximum absolute atomic E-state index is 14.4. The lowest BCUT2D eigenvalue weighted by molar-refractivity contribution is -0.142. The first kappa shape index (κ1) is 37.6. The number of hydrogen-bond acceptors (Lipinski definition) is 8. The summed E-state index contributed by atoms with van der Waals surface area (Å²) in [5.74, 6) is -2.01. The van der Waals surface area contributed by atoms with Gasteiger partial charge in [-0.15, -0.1) is 0 Å². The predicted molar refractivity (Wildman–Crippen MR) is 190 cm³/mol. The van der Waals surface area contributed by atoms with E-state index in [9.17, 15) is 28.4 Å². The highest BCUT2D eigenvalue weighted by atomic mass is 19.1. The molecule has 0 aromatic heterocycles. The summed E-state index contributed by atoms with van der Waals surface area (Å²) in [6.45, 7) is 7.13. The lowest BCUT2D eigenvalue weighted by Crippen LogP contribution is -2.58. The number of fused-ring (bicyclic) bond motifs is 3. The first-order valence-electron chi connectivity index (χ1n) is 18.3. The van der Waals surface area contributed by atoms with Gasteiger partial charge in [0, 0.05) is 24.4 Å². The molecule has 13 nitrogen and oxygen atoms in total. The molecule has 6 rings (SSSR count). The molecule has 2 fully saturated rings. The molecule has 0 spiro atoms. The van der Waals surface area contributed by atoms with Crippen molar-refractivity contribution < 1.29 is 42.7 Å². The Balaban J connectivity index is 1.23. The van der Waals surface area contributed by atoms with Crippen LogP contribution in [0.5, 0.6) is 5.75 Å². The van der Waals surface area contributed by atoms with Crippen molar-refractivity contribution in [1.82, 2.24) is 25.9 Å². The van der Waals surface area contributed by atoms with Crippen molar-refractivity contribution >= 4 is 29.9 Å². The molecule has 2 aromatic rings. The molecular formula is C39H48FN5O8. The fraction of sp³-hybridized carbons (Fsp3) is 0.513. The van der Waals surface area contributed by atoms with Crippen LogP contribution >= 0.6 is 0 Å². The van der Waals surface area contributed by atoms with Crippen LogP contribution in [0, 0.1) is 18.7 Å². The quantitative estimate of drug-likeness (QED) is 0.288. The fourth-order valence-electron chi connectivity index (χ4n) is 7.14. The van der Waals surface area contributed by atoms with Crippen LogP contribution in [-0.4, -0.2) is 75.6 Å². The van der Waals surface area contributed by atoms with Gasteiger partial charge in [-0.1, -0.05) is 54.8 Å². The number of nitrogens with one attached hydrogen (secondary N) is 3. The largest absolute Gasteiger partial charge is 0.444 e. The number of carbonyl (C=O) groups excluding carboxylic acids is 5. The Morgan fingerprint density at radius 1 is 1.02 bits per heavy atom. The van der Waals surface area contributed by atoms with E-state index >= 15 is 0 Å². The molecule has 1 saturated carbocycles. The summed E-state index contributed by atoms with van der Waals surface area (Å²) < 4.78 is 25.8. The van der Waals surface area contributed by atoms with Gasteiger partial charge in [-0.2, -0.15) is 5.48 Å². The van der Waals surface area contributed by atoms with Crippen molar-refractivity contribution in [2.24, 2.45) is 5.92 Å². The number of allylic oxidation sites excluding steroid dienone is 1. The topological polar surface area (TPSA) is 156 Å². The number of hydroxylamine groups is 1. The predicted octanol–water partition coefficient (Wildman–Crippen LogP) is 4.95. The van der Waals surface area contributed by atoms with E-state index in [-0.39, 0.29) is 32.0 Å². The van der Waals surface area contributed by atoms with E-state index < -0.39 is 65.1 Å². The Labute approximate surface area is 308 Å². The van der Waals surface area contributed by atoms with Crippen molar-refractivity contribution in [1.29, 1.82) is 0 Å². The van der Waals surface area contributed by atoms with Gasteiger partial charge in [0.2, 0.25) is 11.8 Å². The number of carbonyl (C=O) groups is 5. The molecule has 4 aliphatic rings. The number of halogens is 1. The second-order valence-electron chi connectivity index (χ2n) is 15.4. The van der Waals surface area contributed by atoms with Crippen LogP contribution in [0.1, 0.15) is 82.4 Å². The number of aryl methyl sites for hydroxylation is 1. The van der Waals surface area contributed by atoms with E-state index in [4.69, 9.17) is 14.3 Å². The average molecular weight is 734 g/mol. The summed E-state index contributed by atoms with van der Waals surface area (Å²) in [6, 6.07) is 9.61. The Morgan fingerprint density at radius 2 is 1.79 bits per heavy atom. The number of nitrogens with zero attached hydrogens (tertiary/aromatic N) is 2. The van der Waals surface area contributed by atoms with Crippen LogP contribution in [0.25, 0.3) is 0 Å². The summed E-state index contributed by atoms with van der Waals surface area (Å²) in [4.78, 5) is 76.9. The lowest BCUT2D eigenvalue weighted by Gasteiger charge is -2.30. The normalized spacial score (nSPS) is 25.8. The van der Waals surface area contributed by atoms with Gasteiger partial charge in [-0.05, 0) is 77.1 Å². The fourth-order valence-corrected chi connectivity index (χ4v) is 7.14. The molecule has 5 amide bonds. The summed E-state index contributed by atoms with van der Waals surface area (Å²) in [5, 5.41) is 5.64. The molecule has 0 radical (unpaired) electrons. The van der Waals surface area contributed by atoms with E-state index in [2.05, 4.69) is 16.1 Å².